The molecular formula is C10H11F2NO4. The highest BCUT2D eigenvalue weighted by Crippen LogP contribution is 2.22. The van der Waals surface area contributed by atoms with E-state index in [1.165, 1.54) is 0 Å². The van der Waals surface area contributed by atoms with Crippen molar-refractivity contribution in [1.82, 2.24) is 5.32 Å². The second-order valence-corrected chi connectivity index (χ2v) is 3.31. The average molecular weight is 247 g/mol. The van der Waals surface area contributed by atoms with E-state index in [0.29, 0.717) is 0 Å². The number of phenolic OH excluding ortho intramolecular Hbond substituents is 2. The van der Waals surface area contributed by atoms with Crippen LogP contribution in [-0.2, 0) is 0 Å². The Morgan fingerprint density at radius 2 is 2.00 bits per heavy atom. The molecule has 0 radical (unpaired) electrons. The van der Waals surface area contributed by atoms with Crippen LogP contribution in [0, 0.1) is 0 Å². The van der Waals surface area contributed by atoms with Gasteiger partial charge in [-0.1, -0.05) is 0 Å². The second kappa shape index (κ2) is 5.44. The number of carbonyl (C=O) groups is 1. The number of aromatic hydroxyl groups is 2. The highest BCUT2D eigenvalue weighted by atomic mass is 19.3. The van der Waals surface area contributed by atoms with Crippen LogP contribution in [0.3, 0.4) is 0 Å². The standard InChI is InChI=1S/C10H11F2NO4/c11-9(12)8(16)4-13-10(17)6-2-1-5(14)3-7(6)15/h1-3,8-9,14-16H,4H2,(H,13,17). The van der Waals surface area contributed by atoms with E-state index in [2.05, 4.69) is 0 Å². The number of aliphatic hydroxyl groups excluding tert-OH is 1. The number of halogens is 2. The lowest BCUT2D eigenvalue weighted by atomic mass is 10.1. The number of carbonyl (C=O) groups excluding carboxylic acids is 1. The van der Waals surface area contributed by atoms with Gasteiger partial charge in [-0.15, -0.1) is 0 Å². The lowest BCUT2D eigenvalue weighted by Crippen LogP contribution is -2.35. The van der Waals surface area contributed by atoms with E-state index in [0.717, 1.165) is 18.2 Å². The van der Waals surface area contributed by atoms with Crippen LogP contribution in [-0.4, -0.2) is 40.3 Å². The van der Waals surface area contributed by atoms with E-state index in [9.17, 15) is 18.7 Å². The highest BCUT2D eigenvalue weighted by molar-refractivity contribution is 5.96. The maximum Gasteiger partial charge on any atom is 0.265 e. The van der Waals surface area contributed by atoms with Crippen LogP contribution in [0.2, 0.25) is 0 Å². The van der Waals surface area contributed by atoms with E-state index in [4.69, 9.17) is 10.2 Å². The summed E-state index contributed by atoms with van der Waals surface area (Å²) in [5, 5.41) is 29.1. The predicted octanol–water partition coefficient (Wildman–Crippen LogP) is 0.454. The summed E-state index contributed by atoms with van der Waals surface area (Å²) >= 11 is 0. The monoisotopic (exact) mass is 247 g/mol. The molecule has 0 heterocycles. The van der Waals surface area contributed by atoms with Crippen molar-refractivity contribution >= 4 is 5.91 Å². The molecule has 1 aromatic rings. The maximum absolute atomic E-state index is 11.9. The molecule has 0 saturated heterocycles. The molecule has 94 valence electrons. The number of aliphatic hydroxyl groups is 1. The summed E-state index contributed by atoms with van der Waals surface area (Å²) < 4.78 is 23.9. The SMILES string of the molecule is O=C(NCC(O)C(F)F)c1ccc(O)cc1O. The third-order valence-electron chi connectivity index (χ3n) is 1.99. The second-order valence-electron chi connectivity index (χ2n) is 3.31. The molecular weight excluding hydrogens is 236 g/mol. The molecule has 5 nitrogen and oxygen atoms in total. The third kappa shape index (κ3) is 3.56. The van der Waals surface area contributed by atoms with Crippen molar-refractivity contribution in [2.45, 2.75) is 12.5 Å². The summed E-state index contributed by atoms with van der Waals surface area (Å²) in [7, 11) is 0. The van der Waals surface area contributed by atoms with Gasteiger partial charge in [0.25, 0.3) is 12.3 Å². The molecule has 0 bridgehead atoms. The lowest BCUT2D eigenvalue weighted by Gasteiger charge is -2.11. The van der Waals surface area contributed by atoms with Crippen LogP contribution < -0.4 is 5.32 Å². The zero-order valence-electron chi connectivity index (χ0n) is 8.60. The summed E-state index contributed by atoms with van der Waals surface area (Å²) in [4.78, 5) is 11.4. The van der Waals surface area contributed by atoms with Gasteiger partial charge in [0.05, 0.1) is 5.56 Å². The maximum atomic E-state index is 11.9. The van der Waals surface area contributed by atoms with Crippen molar-refractivity contribution in [2.24, 2.45) is 0 Å². The van der Waals surface area contributed by atoms with Crippen molar-refractivity contribution < 1.29 is 28.9 Å². The van der Waals surface area contributed by atoms with Gasteiger partial charge >= 0.3 is 0 Å². The molecule has 0 aliphatic carbocycles. The summed E-state index contributed by atoms with van der Waals surface area (Å²) in [6.07, 6.45) is -4.91. The van der Waals surface area contributed by atoms with Gasteiger partial charge in [-0.3, -0.25) is 4.79 Å². The van der Waals surface area contributed by atoms with Gasteiger partial charge in [0.2, 0.25) is 0 Å². The molecule has 0 aliphatic heterocycles. The summed E-state index contributed by atoms with van der Waals surface area (Å²) in [6.45, 7) is -0.628. The minimum atomic E-state index is -2.95. The van der Waals surface area contributed by atoms with Crippen LogP contribution in [0.25, 0.3) is 0 Å². The number of amides is 1. The molecule has 0 saturated carbocycles. The largest absolute Gasteiger partial charge is 0.508 e. The molecule has 1 unspecified atom stereocenters. The molecule has 4 N–H and O–H groups in total. The minimum Gasteiger partial charge on any atom is -0.508 e. The molecule has 1 rings (SSSR count). The van der Waals surface area contributed by atoms with Crippen molar-refractivity contribution in [3.8, 4) is 11.5 Å². The van der Waals surface area contributed by atoms with E-state index < -0.39 is 30.7 Å². The fourth-order valence-corrected chi connectivity index (χ4v) is 1.09. The summed E-state index contributed by atoms with van der Waals surface area (Å²) in [6, 6.07) is 3.24. The molecule has 0 spiro atoms. The van der Waals surface area contributed by atoms with Gasteiger partial charge in [0.15, 0.2) is 0 Å². The number of hydrogen-bond donors (Lipinski definition) is 4. The lowest BCUT2D eigenvalue weighted by molar-refractivity contribution is -0.00271. The molecule has 0 fully saturated rings. The zero-order chi connectivity index (χ0) is 13.0. The fraction of sp³-hybridized carbons (Fsp3) is 0.300. The van der Waals surface area contributed by atoms with E-state index >= 15 is 0 Å². The number of hydrogen-bond acceptors (Lipinski definition) is 4. The Bertz CT molecular complexity index is 411. The van der Waals surface area contributed by atoms with Gasteiger partial charge in [0, 0.05) is 12.6 Å². The van der Waals surface area contributed by atoms with E-state index in [-0.39, 0.29) is 11.3 Å². The van der Waals surface area contributed by atoms with E-state index in [1.807, 2.05) is 5.32 Å². The first-order chi connectivity index (χ1) is 7.91. The Morgan fingerprint density at radius 1 is 1.35 bits per heavy atom. The Labute approximate surface area is 95.3 Å². The van der Waals surface area contributed by atoms with Crippen LogP contribution in [0.4, 0.5) is 8.78 Å². The minimum absolute atomic E-state index is 0.177. The Kier molecular flexibility index (Phi) is 4.22. The number of rotatable bonds is 4. The van der Waals surface area contributed by atoms with Crippen LogP contribution in [0.1, 0.15) is 10.4 Å². The quantitative estimate of drug-likeness (QED) is 0.622. The molecule has 7 heteroatoms. The van der Waals surface area contributed by atoms with Crippen molar-refractivity contribution in [2.75, 3.05) is 6.54 Å². The fourth-order valence-electron chi connectivity index (χ4n) is 1.09. The van der Waals surface area contributed by atoms with Crippen LogP contribution >= 0.6 is 0 Å². The first-order valence-electron chi connectivity index (χ1n) is 4.68. The van der Waals surface area contributed by atoms with Gasteiger partial charge in [-0.2, -0.15) is 0 Å². The third-order valence-corrected chi connectivity index (χ3v) is 1.99. The topological polar surface area (TPSA) is 89.8 Å². The Hall–Kier alpha value is -1.89. The number of benzene rings is 1. The van der Waals surface area contributed by atoms with Gasteiger partial charge in [0.1, 0.15) is 17.6 Å². The number of nitrogens with one attached hydrogen (secondary N) is 1. The normalized spacial score (nSPS) is 12.5. The summed E-state index contributed by atoms with van der Waals surface area (Å²) in [5.41, 5.74) is -0.177. The van der Waals surface area contributed by atoms with Crippen LogP contribution in [0.5, 0.6) is 11.5 Å². The number of alkyl halides is 2. The Balaban J connectivity index is 2.64. The average Bonchev–Trinajstić information content (AvgIpc) is 2.25. The smallest absolute Gasteiger partial charge is 0.265 e. The molecule has 1 amide bonds. The number of phenols is 2. The molecule has 0 aromatic heterocycles. The van der Waals surface area contributed by atoms with E-state index in [1.54, 1.807) is 0 Å². The molecule has 17 heavy (non-hydrogen) atoms. The van der Waals surface area contributed by atoms with Crippen molar-refractivity contribution in [3.05, 3.63) is 23.8 Å². The predicted molar refractivity (Wildman–Crippen MR) is 54.1 cm³/mol. The van der Waals surface area contributed by atoms with Gasteiger partial charge < -0.3 is 20.6 Å². The van der Waals surface area contributed by atoms with Gasteiger partial charge in [-0.25, -0.2) is 8.78 Å². The van der Waals surface area contributed by atoms with Crippen molar-refractivity contribution in [3.63, 3.8) is 0 Å². The molecule has 1 aromatic carbocycles. The highest BCUT2D eigenvalue weighted by Gasteiger charge is 2.19. The first-order valence-corrected chi connectivity index (χ1v) is 4.68. The summed E-state index contributed by atoms with van der Waals surface area (Å²) in [5.74, 6) is -1.53. The first kappa shape index (κ1) is 13.2. The molecule has 0 aliphatic rings. The zero-order valence-corrected chi connectivity index (χ0v) is 8.60. The molecule has 1 atom stereocenters. The van der Waals surface area contributed by atoms with Gasteiger partial charge in [-0.05, 0) is 12.1 Å². The Morgan fingerprint density at radius 3 is 2.53 bits per heavy atom. The van der Waals surface area contributed by atoms with Crippen LogP contribution in [0.15, 0.2) is 18.2 Å². The van der Waals surface area contributed by atoms with Crippen molar-refractivity contribution in [1.29, 1.82) is 0 Å².